The fraction of sp³-hybridized carbons (Fsp3) is 0.235. The smallest absolute Gasteiger partial charge is 0.507 e. The minimum Gasteiger partial charge on any atom is -0.507 e. The second kappa shape index (κ2) is 13.3. The van der Waals surface area contributed by atoms with Crippen LogP contribution in [0.1, 0.15) is 66.9 Å². The number of phosphoric acid groups is 1. The van der Waals surface area contributed by atoms with Crippen LogP contribution in [0.4, 0.5) is 0 Å². The lowest BCUT2D eigenvalue weighted by Crippen LogP contribution is -2.06. The number of ketones is 2. The van der Waals surface area contributed by atoms with Crippen molar-refractivity contribution in [2.45, 2.75) is 53.4 Å². The predicted molar refractivity (Wildman–Crippen MR) is 164 cm³/mol. The molecular weight excluding hydrogens is 567 g/mol. The zero-order valence-electron chi connectivity index (χ0n) is 24.6. The molecule has 0 bridgehead atoms. The van der Waals surface area contributed by atoms with E-state index in [0.717, 1.165) is 22.3 Å². The van der Waals surface area contributed by atoms with Crippen molar-refractivity contribution < 1.29 is 38.3 Å². The van der Waals surface area contributed by atoms with Crippen LogP contribution in [-0.4, -0.2) is 26.7 Å². The molecule has 4 aromatic carbocycles. The summed E-state index contributed by atoms with van der Waals surface area (Å²) in [5.41, 5.74) is 5.22. The number of rotatable bonds is 12. The van der Waals surface area contributed by atoms with Crippen molar-refractivity contribution in [3.63, 3.8) is 0 Å². The number of phenols is 2. The van der Waals surface area contributed by atoms with Crippen molar-refractivity contribution >= 4 is 19.4 Å². The normalized spacial score (nSPS) is 11.3. The number of hydrogen-bond acceptors (Lipinski definition) is 7. The Hall–Kier alpha value is -4.39. The second-order valence-corrected chi connectivity index (χ2v) is 11.8. The molecule has 43 heavy (non-hydrogen) atoms. The molecule has 224 valence electrons. The minimum atomic E-state index is -4.58. The summed E-state index contributed by atoms with van der Waals surface area (Å²) < 4.78 is 24.0. The SMILES string of the molecule is Cc1c(CCC(=O)c2ccccc2O)ccc(OP(=O)(O)Oc2ccc(CCC(=O)c3ccccc3O)c(C)c2C)c1C. The number of Topliss-reactive ketones (excluding diaryl/α,β-unsaturated/α-hetero) is 2. The Morgan fingerprint density at radius 1 is 0.605 bits per heavy atom. The molecule has 0 aliphatic heterocycles. The molecule has 4 rings (SSSR count). The van der Waals surface area contributed by atoms with E-state index in [9.17, 15) is 29.3 Å². The van der Waals surface area contributed by atoms with E-state index >= 15 is 0 Å². The Labute approximate surface area is 251 Å². The monoisotopic (exact) mass is 602 g/mol. The summed E-state index contributed by atoms with van der Waals surface area (Å²) in [5, 5.41) is 19.9. The highest BCUT2D eigenvalue weighted by atomic mass is 31.2. The molecule has 4 aromatic rings. The minimum absolute atomic E-state index is 0.0535. The molecule has 0 fully saturated rings. The van der Waals surface area contributed by atoms with E-state index in [-0.39, 0.29) is 58.5 Å². The summed E-state index contributed by atoms with van der Waals surface area (Å²) in [4.78, 5) is 35.8. The summed E-state index contributed by atoms with van der Waals surface area (Å²) in [5.74, 6) is -0.0879. The number of carbonyl (C=O) groups excluding carboxylic acids is 2. The van der Waals surface area contributed by atoms with Crippen LogP contribution in [0.2, 0.25) is 0 Å². The molecule has 0 saturated carbocycles. The van der Waals surface area contributed by atoms with E-state index in [2.05, 4.69) is 0 Å². The Kier molecular flexibility index (Phi) is 9.74. The Morgan fingerprint density at radius 2 is 0.977 bits per heavy atom. The summed E-state index contributed by atoms with van der Waals surface area (Å²) in [6.07, 6.45) is 1.24. The number of benzene rings is 4. The number of phosphoric ester groups is 1. The third-order valence-electron chi connectivity index (χ3n) is 7.78. The van der Waals surface area contributed by atoms with Gasteiger partial charge in [-0.25, -0.2) is 4.57 Å². The fourth-order valence-corrected chi connectivity index (χ4v) is 5.83. The molecule has 8 nitrogen and oxygen atoms in total. The van der Waals surface area contributed by atoms with E-state index in [0.29, 0.717) is 24.0 Å². The van der Waals surface area contributed by atoms with Crippen LogP contribution in [0.15, 0.2) is 72.8 Å². The Bertz CT molecular complexity index is 1600. The first kappa shape index (κ1) is 31.5. The molecule has 0 heterocycles. The van der Waals surface area contributed by atoms with E-state index < -0.39 is 7.82 Å². The van der Waals surface area contributed by atoms with E-state index in [1.165, 1.54) is 12.1 Å². The van der Waals surface area contributed by atoms with Crippen molar-refractivity contribution in [3.8, 4) is 23.0 Å². The topological polar surface area (TPSA) is 130 Å². The molecule has 0 spiro atoms. The van der Waals surface area contributed by atoms with Gasteiger partial charge in [-0.1, -0.05) is 36.4 Å². The van der Waals surface area contributed by atoms with Gasteiger partial charge in [-0.15, -0.1) is 0 Å². The van der Waals surface area contributed by atoms with Gasteiger partial charge in [-0.2, -0.15) is 0 Å². The zero-order valence-corrected chi connectivity index (χ0v) is 25.5. The lowest BCUT2D eigenvalue weighted by Gasteiger charge is -2.19. The highest BCUT2D eigenvalue weighted by molar-refractivity contribution is 7.48. The maximum absolute atomic E-state index is 13.0. The van der Waals surface area contributed by atoms with Crippen LogP contribution in [0.5, 0.6) is 23.0 Å². The number of hydrogen-bond donors (Lipinski definition) is 3. The largest absolute Gasteiger partial charge is 0.584 e. The Morgan fingerprint density at radius 3 is 1.35 bits per heavy atom. The summed E-state index contributed by atoms with van der Waals surface area (Å²) in [6, 6.07) is 19.5. The predicted octanol–water partition coefficient (Wildman–Crippen LogP) is 7.52. The molecule has 3 N–H and O–H groups in total. The third-order valence-corrected chi connectivity index (χ3v) is 8.63. The number of aromatic hydroxyl groups is 2. The van der Waals surface area contributed by atoms with Crippen LogP contribution in [0.3, 0.4) is 0 Å². The molecule has 9 heteroatoms. The van der Waals surface area contributed by atoms with Gasteiger partial charge in [0, 0.05) is 12.8 Å². The van der Waals surface area contributed by atoms with Gasteiger partial charge in [-0.3, -0.25) is 14.5 Å². The van der Waals surface area contributed by atoms with Crippen molar-refractivity contribution in [2.24, 2.45) is 0 Å². The number of phenolic OH excluding ortho intramolecular Hbond substituents is 2. The average Bonchev–Trinajstić information content (AvgIpc) is 2.97. The maximum Gasteiger partial charge on any atom is 0.584 e. The van der Waals surface area contributed by atoms with Crippen molar-refractivity contribution in [3.05, 3.63) is 117 Å². The average molecular weight is 603 g/mol. The zero-order chi connectivity index (χ0) is 31.3. The molecule has 0 aliphatic rings. The van der Waals surface area contributed by atoms with Crippen molar-refractivity contribution in [2.75, 3.05) is 0 Å². The summed E-state index contributed by atoms with van der Waals surface area (Å²) in [7, 11) is -4.58. The van der Waals surface area contributed by atoms with Gasteiger partial charge in [0.25, 0.3) is 0 Å². The van der Waals surface area contributed by atoms with Crippen LogP contribution >= 0.6 is 7.82 Å². The standard InChI is InChI=1S/C34H35O8P/c1-21-23(3)33(19-15-25(21)13-17-31(37)27-9-5-7-11-29(27)35)41-43(39,40)42-34-20-16-26(22(2)24(34)4)14-18-32(38)28-10-6-8-12-30(28)36/h5-12,15-16,19-20,35-36H,13-14,17-18H2,1-4H3,(H,39,40). The quantitative estimate of drug-likeness (QED) is 0.112. The molecule has 0 unspecified atom stereocenters. The third kappa shape index (κ3) is 7.53. The summed E-state index contributed by atoms with van der Waals surface area (Å²) >= 11 is 0. The van der Waals surface area contributed by atoms with Gasteiger partial charge in [0.1, 0.15) is 23.0 Å². The first-order chi connectivity index (χ1) is 20.4. The van der Waals surface area contributed by atoms with Crippen LogP contribution < -0.4 is 9.05 Å². The fourth-order valence-electron chi connectivity index (χ4n) is 4.90. The van der Waals surface area contributed by atoms with Gasteiger partial charge in [0.05, 0.1) is 11.1 Å². The van der Waals surface area contributed by atoms with E-state index in [4.69, 9.17) is 9.05 Å². The lowest BCUT2D eigenvalue weighted by atomic mass is 9.96. The van der Waals surface area contributed by atoms with Crippen LogP contribution in [-0.2, 0) is 17.4 Å². The highest BCUT2D eigenvalue weighted by Gasteiger charge is 2.28. The van der Waals surface area contributed by atoms with Gasteiger partial charge in [-0.05, 0) is 110 Å². The van der Waals surface area contributed by atoms with Gasteiger partial charge < -0.3 is 19.3 Å². The first-order valence-corrected chi connectivity index (χ1v) is 15.4. The van der Waals surface area contributed by atoms with E-state index in [1.54, 1.807) is 74.5 Å². The van der Waals surface area contributed by atoms with Gasteiger partial charge >= 0.3 is 7.82 Å². The highest BCUT2D eigenvalue weighted by Crippen LogP contribution is 2.47. The van der Waals surface area contributed by atoms with Crippen LogP contribution in [0, 0.1) is 27.7 Å². The molecule has 0 atom stereocenters. The van der Waals surface area contributed by atoms with Gasteiger partial charge in [0.2, 0.25) is 0 Å². The molecule has 0 amide bonds. The number of para-hydroxylation sites is 2. The molecule has 0 aromatic heterocycles. The molecule has 0 aliphatic carbocycles. The maximum atomic E-state index is 13.0. The lowest BCUT2D eigenvalue weighted by molar-refractivity contribution is 0.0972. The van der Waals surface area contributed by atoms with Crippen molar-refractivity contribution in [1.82, 2.24) is 0 Å². The Balaban J connectivity index is 1.41. The van der Waals surface area contributed by atoms with Crippen molar-refractivity contribution in [1.29, 1.82) is 0 Å². The number of aryl methyl sites for hydroxylation is 2. The second-order valence-electron chi connectivity index (χ2n) is 10.5. The number of carbonyl (C=O) groups is 2. The molecule has 0 radical (unpaired) electrons. The van der Waals surface area contributed by atoms with E-state index in [1.807, 2.05) is 13.8 Å². The van der Waals surface area contributed by atoms with Gasteiger partial charge in [0.15, 0.2) is 11.6 Å². The first-order valence-electron chi connectivity index (χ1n) is 13.9. The van der Waals surface area contributed by atoms with Crippen LogP contribution in [0.25, 0.3) is 0 Å². The summed E-state index contributed by atoms with van der Waals surface area (Å²) in [6.45, 7) is 7.22. The molecule has 0 saturated heterocycles. The molecular formula is C34H35O8P.